The summed E-state index contributed by atoms with van der Waals surface area (Å²) in [5, 5.41) is 11.0. The zero-order chi connectivity index (χ0) is 21.7. The number of nitro groups is 1. The summed E-state index contributed by atoms with van der Waals surface area (Å²) in [6.45, 7) is 2.47. The molecule has 0 bridgehead atoms. The lowest BCUT2D eigenvalue weighted by molar-refractivity contribution is -0.384. The Labute approximate surface area is 168 Å². The van der Waals surface area contributed by atoms with Crippen LogP contribution in [0.25, 0.3) is 0 Å². The molecule has 154 valence electrons. The fraction of sp³-hybridized carbons (Fsp3) is 0.316. The van der Waals surface area contributed by atoms with E-state index in [4.69, 9.17) is 4.74 Å². The molecular formula is C19H21N3O6S. The second-order valence-corrected chi connectivity index (χ2v) is 9.01. The molecule has 0 aliphatic heterocycles. The first-order valence-corrected chi connectivity index (χ1v) is 10.5. The molecule has 0 saturated carbocycles. The van der Waals surface area contributed by atoms with E-state index in [1.807, 2.05) is 0 Å². The average Bonchev–Trinajstić information content (AvgIpc) is 2.67. The van der Waals surface area contributed by atoms with E-state index in [0.717, 1.165) is 0 Å². The van der Waals surface area contributed by atoms with Crippen LogP contribution in [0.4, 0.5) is 5.69 Å². The van der Waals surface area contributed by atoms with E-state index in [1.54, 1.807) is 12.1 Å². The lowest BCUT2D eigenvalue weighted by Crippen LogP contribution is -2.35. The number of benzene rings is 1. The van der Waals surface area contributed by atoms with Crippen molar-refractivity contribution in [2.24, 2.45) is 9.78 Å². The van der Waals surface area contributed by atoms with Crippen molar-refractivity contribution in [1.82, 2.24) is 4.98 Å². The number of esters is 1. The maximum absolute atomic E-state index is 13.0. The minimum Gasteiger partial charge on any atom is -0.465 e. The molecule has 1 aromatic heterocycles. The molecule has 1 amide bonds. The average molecular weight is 419 g/mol. The van der Waals surface area contributed by atoms with Gasteiger partial charge in [-0.3, -0.25) is 19.7 Å². The molecule has 29 heavy (non-hydrogen) atoms. The fourth-order valence-corrected chi connectivity index (χ4v) is 3.74. The summed E-state index contributed by atoms with van der Waals surface area (Å²) in [5.41, 5.74) is -0.790. The van der Waals surface area contributed by atoms with Gasteiger partial charge in [0.1, 0.15) is 11.6 Å². The number of carbonyl (C=O) groups excluding carboxylic acids is 2. The number of pyridine rings is 1. The summed E-state index contributed by atoms with van der Waals surface area (Å²) in [7, 11) is -3.11. The Morgan fingerprint density at radius 1 is 1.24 bits per heavy atom. The highest BCUT2D eigenvalue weighted by Crippen LogP contribution is 2.27. The zero-order valence-corrected chi connectivity index (χ0v) is 17.0. The van der Waals surface area contributed by atoms with Crippen molar-refractivity contribution in [3.63, 3.8) is 0 Å². The topological polar surface area (TPSA) is 129 Å². The molecular weight excluding hydrogens is 398 g/mol. The van der Waals surface area contributed by atoms with Gasteiger partial charge in [-0.05, 0) is 31.0 Å². The summed E-state index contributed by atoms with van der Waals surface area (Å²) in [5.74, 6) is -1.29. The Morgan fingerprint density at radius 2 is 1.90 bits per heavy atom. The quantitative estimate of drug-likeness (QED) is 0.383. The van der Waals surface area contributed by atoms with E-state index >= 15 is 0 Å². The SMILES string of the molecule is CC(=O)OCC(C)(Cc1ccc([N+](=O)[O-])cc1)C(=O)N=S(C)(=O)c1ccccn1. The van der Waals surface area contributed by atoms with Gasteiger partial charge in [0.15, 0.2) is 0 Å². The number of nitro benzene ring substituents is 1. The van der Waals surface area contributed by atoms with Crippen molar-refractivity contribution < 1.29 is 23.5 Å². The summed E-state index contributed by atoms with van der Waals surface area (Å²) in [4.78, 5) is 38.5. The zero-order valence-electron chi connectivity index (χ0n) is 16.2. The molecule has 1 heterocycles. The lowest BCUT2D eigenvalue weighted by Gasteiger charge is -2.25. The number of ether oxygens (including phenoxy) is 1. The molecule has 2 aromatic rings. The molecule has 0 radical (unpaired) electrons. The number of rotatable bonds is 7. The second kappa shape index (κ2) is 8.91. The number of amides is 1. The molecule has 0 fully saturated rings. The van der Waals surface area contributed by atoms with Crippen molar-refractivity contribution in [2.75, 3.05) is 12.9 Å². The molecule has 2 atom stereocenters. The first kappa shape index (κ1) is 22.2. The van der Waals surface area contributed by atoms with Crippen LogP contribution in [0.1, 0.15) is 19.4 Å². The van der Waals surface area contributed by atoms with E-state index < -0.39 is 31.9 Å². The van der Waals surface area contributed by atoms with E-state index in [0.29, 0.717) is 5.56 Å². The van der Waals surface area contributed by atoms with Crippen molar-refractivity contribution in [3.05, 3.63) is 64.3 Å². The van der Waals surface area contributed by atoms with Gasteiger partial charge >= 0.3 is 5.97 Å². The Hall–Kier alpha value is -3.14. The minimum absolute atomic E-state index is 0.0817. The van der Waals surface area contributed by atoms with Crippen molar-refractivity contribution in [3.8, 4) is 0 Å². The predicted octanol–water partition coefficient (Wildman–Crippen LogP) is 2.79. The fourth-order valence-electron chi connectivity index (χ4n) is 2.52. The normalized spacial score (nSPS) is 14.9. The van der Waals surface area contributed by atoms with Crippen molar-refractivity contribution in [2.45, 2.75) is 25.3 Å². The summed E-state index contributed by atoms with van der Waals surface area (Å²) < 4.78 is 21.9. The Kier molecular flexibility index (Phi) is 6.80. The summed E-state index contributed by atoms with van der Waals surface area (Å²) in [6.07, 6.45) is 2.84. The van der Waals surface area contributed by atoms with Gasteiger partial charge in [-0.2, -0.15) is 4.36 Å². The summed E-state index contributed by atoms with van der Waals surface area (Å²) in [6, 6.07) is 10.5. The molecule has 9 nitrogen and oxygen atoms in total. The molecule has 0 aliphatic carbocycles. The first-order valence-electron chi connectivity index (χ1n) is 8.58. The van der Waals surface area contributed by atoms with Gasteiger partial charge in [-0.25, -0.2) is 9.19 Å². The number of nitrogens with zero attached hydrogens (tertiary/aromatic N) is 3. The molecule has 2 unspecified atom stereocenters. The monoisotopic (exact) mass is 419 g/mol. The molecule has 0 N–H and O–H groups in total. The van der Waals surface area contributed by atoms with E-state index in [-0.39, 0.29) is 23.7 Å². The number of carbonyl (C=O) groups is 2. The van der Waals surface area contributed by atoms with Crippen LogP contribution in [-0.4, -0.2) is 38.9 Å². The van der Waals surface area contributed by atoms with Crippen molar-refractivity contribution in [1.29, 1.82) is 0 Å². The molecule has 0 spiro atoms. The number of non-ortho nitro benzene ring substituents is 1. The van der Waals surface area contributed by atoms with Gasteiger partial charge in [0, 0.05) is 31.5 Å². The largest absolute Gasteiger partial charge is 0.465 e. The van der Waals surface area contributed by atoms with Gasteiger partial charge in [0.25, 0.3) is 11.6 Å². The second-order valence-electron chi connectivity index (χ2n) is 6.81. The third-order valence-electron chi connectivity index (χ3n) is 4.13. The van der Waals surface area contributed by atoms with Gasteiger partial charge in [0.05, 0.1) is 20.1 Å². The Morgan fingerprint density at radius 3 is 2.41 bits per heavy atom. The van der Waals surface area contributed by atoms with Gasteiger partial charge in [-0.1, -0.05) is 18.2 Å². The molecule has 0 aliphatic rings. The minimum atomic E-state index is -3.11. The van der Waals surface area contributed by atoms with E-state index in [2.05, 4.69) is 9.35 Å². The van der Waals surface area contributed by atoms with Crippen LogP contribution in [0, 0.1) is 15.5 Å². The highest BCUT2D eigenvalue weighted by atomic mass is 32.2. The third-order valence-corrected chi connectivity index (χ3v) is 5.67. The molecule has 0 saturated heterocycles. The van der Waals surface area contributed by atoms with Crippen LogP contribution in [0.15, 0.2) is 58.1 Å². The number of aromatic nitrogens is 1. The standard InChI is InChI=1S/C19H21N3O6S/c1-14(23)28-13-19(2,12-15-7-9-16(10-8-15)22(25)26)18(24)21-29(3,27)17-6-4-5-11-20-17/h4-11H,12-13H2,1-3H3. The number of hydrogen-bond acceptors (Lipinski definition) is 7. The van der Waals surface area contributed by atoms with Crippen LogP contribution < -0.4 is 0 Å². The Balaban J connectivity index is 2.38. The Bertz CT molecular complexity index is 1030. The van der Waals surface area contributed by atoms with Crippen LogP contribution in [0.3, 0.4) is 0 Å². The molecule has 1 aromatic carbocycles. The van der Waals surface area contributed by atoms with Crippen LogP contribution in [-0.2, 0) is 30.5 Å². The van der Waals surface area contributed by atoms with E-state index in [1.165, 1.54) is 56.6 Å². The molecule has 10 heteroatoms. The maximum Gasteiger partial charge on any atom is 0.302 e. The van der Waals surface area contributed by atoms with Crippen LogP contribution in [0.5, 0.6) is 0 Å². The maximum atomic E-state index is 13.0. The van der Waals surface area contributed by atoms with E-state index in [9.17, 15) is 23.9 Å². The lowest BCUT2D eigenvalue weighted by atomic mass is 9.83. The van der Waals surface area contributed by atoms with Gasteiger partial charge in [-0.15, -0.1) is 0 Å². The number of hydrogen-bond donors (Lipinski definition) is 0. The first-order chi connectivity index (χ1) is 13.5. The van der Waals surface area contributed by atoms with Crippen LogP contribution >= 0.6 is 0 Å². The van der Waals surface area contributed by atoms with Gasteiger partial charge < -0.3 is 4.74 Å². The summed E-state index contributed by atoms with van der Waals surface area (Å²) >= 11 is 0. The smallest absolute Gasteiger partial charge is 0.302 e. The van der Waals surface area contributed by atoms with Gasteiger partial charge in [0.2, 0.25) is 0 Å². The van der Waals surface area contributed by atoms with Crippen molar-refractivity contribution >= 4 is 27.3 Å². The predicted molar refractivity (Wildman–Crippen MR) is 106 cm³/mol. The molecule has 2 rings (SSSR count). The highest BCUT2D eigenvalue weighted by Gasteiger charge is 2.36. The van der Waals surface area contributed by atoms with Crippen LogP contribution in [0.2, 0.25) is 0 Å². The highest BCUT2D eigenvalue weighted by molar-refractivity contribution is 7.93. The third kappa shape index (κ3) is 5.92.